The second kappa shape index (κ2) is 11.7. The Morgan fingerprint density at radius 3 is 2.59 bits per heavy atom. The second-order valence-electron chi connectivity index (χ2n) is 8.69. The molecule has 3 heterocycles. The first-order valence-electron chi connectivity index (χ1n) is 11.3. The number of amides is 1. The minimum absolute atomic E-state index is 0.230. The minimum Gasteiger partial charge on any atom is -0.483 e. The standard InChI is InChI=1S/C24H32N4O.CH2O2/c1-27-15-5-11-24(23(29)26-18-21-8-13-25-14-9-21)12-17-28(19-22(24)27)16-10-20-6-3-2-4-7-20;2-1-3/h2-4,6-9,13-14,22H,5,10-12,15-19H2,1H3,(H,26,29);1H,(H,2,3)/t22-,24+;/m0./s1. The van der Waals surface area contributed by atoms with Crippen molar-refractivity contribution in [3.63, 3.8) is 0 Å². The van der Waals surface area contributed by atoms with E-state index in [1.54, 1.807) is 12.4 Å². The Bertz CT molecular complexity index is 849. The molecule has 2 N–H and O–H groups in total. The Balaban J connectivity index is 0.000000913. The van der Waals surface area contributed by atoms with E-state index in [0.717, 1.165) is 57.4 Å². The number of hydrogen-bond donors (Lipinski definition) is 2. The number of nitrogens with zero attached hydrogens (tertiary/aromatic N) is 3. The SMILES string of the molecule is CN1CCC[C@@]2(C(=O)NCc3ccncc3)CCN(CCc3ccccc3)C[C@H]12.O=CO. The Morgan fingerprint density at radius 2 is 1.88 bits per heavy atom. The number of carboxylic acid groups (broad SMARTS) is 1. The van der Waals surface area contributed by atoms with Crippen LogP contribution in [-0.4, -0.2) is 71.5 Å². The van der Waals surface area contributed by atoms with E-state index in [-0.39, 0.29) is 17.8 Å². The molecule has 0 bridgehead atoms. The molecule has 1 aromatic carbocycles. The Hall–Kier alpha value is -2.77. The molecule has 2 aromatic rings. The Labute approximate surface area is 190 Å². The van der Waals surface area contributed by atoms with E-state index in [0.29, 0.717) is 12.6 Å². The third-order valence-corrected chi connectivity index (χ3v) is 6.82. The lowest BCUT2D eigenvalue weighted by atomic mass is 9.67. The van der Waals surface area contributed by atoms with Gasteiger partial charge >= 0.3 is 0 Å². The zero-order valence-electron chi connectivity index (χ0n) is 18.8. The van der Waals surface area contributed by atoms with Gasteiger partial charge in [-0.1, -0.05) is 30.3 Å². The van der Waals surface area contributed by atoms with Gasteiger partial charge in [0.25, 0.3) is 6.47 Å². The summed E-state index contributed by atoms with van der Waals surface area (Å²) in [7, 11) is 2.19. The first-order chi connectivity index (χ1) is 15.6. The number of pyridine rings is 1. The molecule has 1 aromatic heterocycles. The summed E-state index contributed by atoms with van der Waals surface area (Å²) in [6, 6.07) is 14.9. The van der Waals surface area contributed by atoms with Crippen LogP contribution in [0.5, 0.6) is 0 Å². The van der Waals surface area contributed by atoms with Gasteiger partial charge in [0.15, 0.2) is 0 Å². The highest BCUT2D eigenvalue weighted by molar-refractivity contribution is 5.84. The number of likely N-dealkylation sites (tertiary alicyclic amines) is 2. The molecule has 0 unspecified atom stereocenters. The van der Waals surface area contributed by atoms with Crippen LogP contribution in [0.25, 0.3) is 0 Å². The van der Waals surface area contributed by atoms with Gasteiger partial charge in [-0.2, -0.15) is 0 Å². The molecular formula is C25H34N4O3. The van der Waals surface area contributed by atoms with Crippen LogP contribution in [0, 0.1) is 5.41 Å². The van der Waals surface area contributed by atoms with Crippen LogP contribution in [0.4, 0.5) is 0 Å². The van der Waals surface area contributed by atoms with E-state index < -0.39 is 0 Å². The molecule has 172 valence electrons. The fraction of sp³-hybridized carbons (Fsp3) is 0.480. The van der Waals surface area contributed by atoms with Gasteiger partial charge in [0.05, 0.1) is 5.41 Å². The van der Waals surface area contributed by atoms with Gasteiger partial charge in [0.1, 0.15) is 0 Å². The molecule has 2 aliphatic heterocycles. The fourth-order valence-corrected chi connectivity index (χ4v) is 5.06. The van der Waals surface area contributed by atoms with Crippen molar-refractivity contribution >= 4 is 12.4 Å². The molecule has 32 heavy (non-hydrogen) atoms. The molecule has 2 atom stereocenters. The minimum atomic E-state index is -0.261. The van der Waals surface area contributed by atoms with E-state index in [4.69, 9.17) is 9.90 Å². The number of aromatic nitrogens is 1. The number of carbonyl (C=O) groups excluding carboxylic acids is 1. The highest BCUT2D eigenvalue weighted by Gasteiger charge is 2.51. The van der Waals surface area contributed by atoms with Crippen molar-refractivity contribution < 1.29 is 14.7 Å². The quantitative estimate of drug-likeness (QED) is 0.674. The smallest absolute Gasteiger partial charge is 0.290 e. The maximum atomic E-state index is 13.4. The first kappa shape index (κ1) is 23.9. The topological polar surface area (TPSA) is 85.8 Å². The van der Waals surface area contributed by atoms with Gasteiger partial charge in [0.2, 0.25) is 5.91 Å². The van der Waals surface area contributed by atoms with E-state index in [9.17, 15) is 4.79 Å². The molecule has 7 heteroatoms. The number of benzene rings is 1. The molecular weight excluding hydrogens is 404 g/mol. The monoisotopic (exact) mass is 438 g/mol. The number of piperidine rings is 2. The molecule has 1 amide bonds. The summed E-state index contributed by atoms with van der Waals surface area (Å²) in [6.45, 7) is 4.45. The predicted molar refractivity (Wildman–Crippen MR) is 124 cm³/mol. The second-order valence-corrected chi connectivity index (χ2v) is 8.69. The summed E-state index contributed by atoms with van der Waals surface area (Å²) >= 11 is 0. The van der Waals surface area contributed by atoms with E-state index >= 15 is 0 Å². The van der Waals surface area contributed by atoms with Crippen LogP contribution in [0.1, 0.15) is 30.4 Å². The number of fused-ring (bicyclic) bond motifs is 1. The summed E-state index contributed by atoms with van der Waals surface area (Å²) in [5.74, 6) is 0.230. The van der Waals surface area contributed by atoms with Crippen LogP contribution in [0.2, 0.25) is 0 Å². The van der Waals surface area contributed by atoms with Crippen molar-refractivity contribution in [3.05, 3.63) is 66.0 Å². The lowest BCUT2D eigenvalue weighted by Gasteiger charge is -2.53. The van der Waals surface area contributed by atoms with Crippen molar-refractivity contribution in [1.29, 1.82) is 0 Å². The van der Waals surface area contributed by atoms with E-state index in [2.05, 4.69) is 57.5 Å². The van der Waals surface area contributed by atoms with Gasteiger partial charge in [0, 0.05) is 38.1 Å². The van der Waals surface area contributed by atoms with Crippen LogP contribution in [0.15, 0.2) is 54.9 Å². The molecule has 2 saturated heterocycles. The van der Waals surface area contributed by atoms with Crippen LogP contribution >= 0.6 is 0 Å². The van der Waals surface area contributed by atoms with Gasteiger partial charge in [-0.3, -0.25) is 14.6 Å². The fourth-order valence-electron chi connectivity index (χ4n) is 5.06. The van der Waals surface area contributed by atoms with Crippen molar-refractivity contribution in [1.82, 2.24) is 20.1 Å². The average Bonchev–Trinajstić information content (AvgIpc) is 2.83. The Morgan fingerprint density at radius 1 is 1.16 bits per heavy atom. The first-order valence-corrected chi connectivity index (χ1v) is 11.3. The molecule has 7 nitrogen and oxygen atoms in total. The highest BCUT2D eigenvalue weighted by Crippen LogP contribution is 2.42. The molecule has 2 fully saturated rings. The summed E-state index contributed by atoms with van der Waals surface area (Å²) in [5, 5.41) is 10.1. The van der Waals surface area contributed by atoms with Crippen molar-refractivity contribution in [2.45, 2.75) is 38.3 Å². The zero-order chi connectivity index (χ0) is 22.8. The van der Waals surface area contributed by atoms with Crippen molar-refractivity contribution in [2.75, 3.05) is 33.2 Å². The predicted octanol–water partition coefficient (Wildman–Crippen LogP) is 2.43. The van der Waals surface area contributed by atoms with Crippen molar-refractivity contribution in [2.24, 2.45) is 5.41 Å². The zero-order valence-corrected chi connectivity index (χ0v) is 18.8. The highest BCUT2D eigenvalue weighted by atomic mass is 16.3. The Kier molecular flexibility index (Phi) is 8.76. The van der Waals surface area contributed by atoms with E-state index in [1.807, 2.05) is 12.1 Å². The summed E-state index contributed by atoms with van der Waals surface area (Å²) in [6.07, 6.45) is 7.66. The molecule has 0 radical (unpaired) electrons. The average molecular weight is 439 g/mol. The summed E-state index contributed by atoms with van der Waals surface area (Å²) in [5.41, 5.74) is 2.23. The molecule has 0 aliphatic carbocycles. The maximum absolute atomic E-state index is 13.4. The summed E-state index contributed by atoms with van der Waals surface area (Å²) in [4.78, 5) is 30.8. The molecule has 2 aliphatic rings. The van der Waals surface area contributed by atoms with Crippen molar-refractivity contribution in [3.8, 4) is 0 Å². The number of nitrogens with one attached hydrogen (secondary N) is 1. The molecule has 4 rings (SSSR count). The normalized spacial score (nSPS) is 23.3. The number of likely N-dealkylation sites (N-methyl/N-ethyl adjacent to an activating group) is 1. The van der Waals surface area contributed by atoms with Crippen LogP contribution in [-0.2, 0) is 22.6 Å². The van der Waals surface area contributed by atoms with E-state index in [1.165, 1.54) is 5.56 Å². The third-order valence-electron chi connectivity index (χ3n) is 6.82. The van der Waals surface area contributed by atoms with Gasteiger partial charge in [-0.25, -0.2) is 0 Å². The number of carbonyl (C=O) groups is 2. The lowest BCUT2D eigenvalue weighted by Crippen LogP contribution is -2.65. The lowest BCUT2D eigenvalue weighted by molar-refractivity contribution is -0.144. The third kappa shape index (κ3) is 5.93. The molecule has 0 spiro atoms. The summed E-state index contributed by atoms with van der Waals surface area (Å²) < 4.78 is 0. The van der Waals surface area contributed by atoms with Gasteiger partial charge in [-0.15, -0.1) is 0 Å². The van der Waals surface area contributed by atoms with Gasteiger partial charge < -0.3 is 20.2 Å². The largest absolute Gasteiger partial charge is 0.483 e. The maximum Gasteiger partial charge on any atom is 0.290 e. The molecule has 0 saturated carbocycles. The van der Waals surface area contributed by atoms with Crippen LogP contribution < -0.4 is 5.32 Å². The van der Waals surface area contributed by atoms with Crippen LogP contribution in [0.3, 0.4) is 0 Å². The number of rotatable bonds is 6. The number of hydrogen-bond acceptors (Lipinski definition) is 5. The van der Waals surface area contributed by atoms with Gasteiger partial charge in [-0.05, 0) is 69.1 Å².